The summed E-state index contributed by atoms with van der Waals surface area (Å²) in [7, 11) is 0. The van der Waals surface area contributed by atoms with Gasteiger partial charge in [0, 0.05) is 38.6 Å². The van der Waals surface area contributed by atoms with Crippen LogP contribution in [-0.4, -0.2) is 59.1 Å². The Hall–Kier alpha value is -2.57. The number of anilines is 1. The number of likely N-dealkylation sites (tertiary alicyclic amines) is 1. The molecule has 0 saturated carbocycles. The lowest BCUT2D eigenvalue weighted by molar-refractivity contribution is -0.152. The topological polar surface area (TPSA) is 67.7 Å². The Morgan fingerprint density at radius 1 is 1.06 bits per heavy atom. The van der Waals surface area contributed by atoms with Crippen LogP contribution < -0.4 is 4.90 Å². The smallest absolute Gasteiger partial charge is 0.310 e. The van der Waals surface area contributed by atoms with Crippen molar-refractivity contribution in [1.29, 1.82) is 0 Å². The van der Waals surface area contributed by atoms with E-state index in [2.05, 4.69) is 34.6 Å². The molecule has 3 heterocycles. The molecule has 2 saturated heterocycles. The zero-order valence-corrected chi connectivity index (χ0v) is 18.8. The summed E-state index contributed by atoms with van der Waals surface area (Å²) in [6.45, 7) is 8.27. The highest BCUT2D eigenvalue weighted by molar-refractivity contribution is 5.81. The van der Waals surface area contributed by atoms with Gasteiger partial charge in [-0.1, -0.05) is 19.1 Å². The Morgan fingerprint density at radius 2 is 1.84 bits per heavy atom. The summed E-state index contributed by atoms with van der Waals surface area (Å²) in [4.78, 5) is 34.4. The standard InChI is InChI=1S/C24H34N4O3/c1-3-13-28-21-10-6-5-9-20(21)25-24(28)26-15-11-18(12-16-26)22(29)27-14-7-8-19(17-27)23(30)31-4-2/h5-6,9-10,18-19H,3-4,7-8,11-17H2,1-2H3/t19-/m0/s1. The van der Waals surface area contributed by atoms with E-state index in [0.29, 0.717) is 13.2 Å². The van der Waals surface area contributed by atoms with Gasteiger partial charge in [0.1, 0.15) is 0 Å². The van der Waals surface area contributed by atoms with Crippen molar-refractivity contribution < 1.29 is 14.3 Å². The minimum absolute atomic E-state index is 0.0289. The third-order valence-electron chi connectivity index (χ3n) is 6.56. The number of carbonyl (C=O) groups excluding carboxylic acids is 2. The van der Waals surface area contributed by atoms with Crippen molar-refractivity contribution in [2.24, 2.45) is 11.8 Å². The van der Waals surface area contributed by atoms with Crippen LogP contribution in [0.5, 0.6) is 0 Å². The highest BCUT2D eigenvalue weighted by Gasteiger charge is 2.34. The monoisotopic (exact) mass is 426 g/mol. The molecule has 0 spiro atoms. The van der Waals surface area contributed by atoms with E-state index in [0.717, 1.165) is 69.7 Å². The van der Waals surface area contributed by atoms with E-state index in [4.69, 9.17) is 9.72 Å². The number of fused-ring (bicyclic) bond motifs is 1. The van der Waals surface area contributed by atoms with Gasteiger partial charge >= 0.3 is 5.97 Å². The third-order valence-corrected chi connectivity index (χ3v) is 6.56. The van der Waals surface area contributed by atoms with Gasteiger partial charge in [-0.2, -0.15) is 0 Å². The number of aryl methyl sites for hydroxylation is 1. The van der Waals surface area contributed by atoms with Crippen molar-refractivity contribution >= 4 is 28.9 Å². The maximum atomic E-state index is 13.2. The zero-order valence-electron chi connectivity index (χ0n) is 18.8. The van der Waals surface area contributed by atoms with Crippen LogP contribution in [0.1, 0.15) is 46.0 Å². The molecule has 1 amide bonds. The first-order valence-electron chi connectivity index (χ1n) is 11.8. The minimum Gasteiger partial charge on any atom is -0.466 e. The molecule has 2 aromatic rings. The Balaban J connectivity index is 1.40. The summed E-state index contributed by atoms with van der Waals surface area (Å²) < 4.78 is 7.49. The maximum Gasteiger partial charge on any atom is 0.310 e. The van der Waals surface area contributed by atoms with E-state index in [9.17, 15) is 9.59 Å². The number of benzene rings is 1. The van der Waals surface area contributed by atoms with E-state index < -0.39 is 0 Å². The van der Waals surface area contributed by atoms with E-state index >= 15 is 0 Å². The van der Waals surface area contributed by atoms with Crippen LogP contribution in [0.15, 0.2) is 24.3 Å². The number of esters is 1. The molecule has 168 valence electrons. The summed E-state index contributed by atoms with van der Waals surface area (Å²) in [5.74, 6) is 0.919. The van der Waals surface area contributed by atoms with Gasteiger partial charge in [0.05, 0.1) is 23.6 Å². The number of amides is 1. The number of piperidine rings is 2. The molecular formula is C24H34N4O3. The second kappa shape index (κ2) is 9.71. The lowest BCUT2D eigenvalue weighted by Gasteiger charge is -2.37. The van der Waals surface area contributed by atoms with E-state index in [1.54, 1.807) is 0 Å². The number of carbonyl (C=O) groups is 2. The summed E-state index contributed by atoms with van der Waals surface area (Å²) in [5.41, 5.74) is 2.21. The number of hydrogen-bond acceptors (Lipinski definition) is 5. The Labute approximate surface area is 184 Å². The summed E-state index contributed by atoms with van der Waals surface area (Å²) >= 11 is 0. The molecule has 0 radical (unpaired) electrons. The third kappa shape index (κ3) is 4.55. The number of para-hydroxylation sites is 2. The first-order valence-corrected chi connectivity index (χ1v) is 11.8. The molecular weight excluding hydrogens is 392 g/mol. The molecule has 0 bridgehead atoms. The SMILES string of the molecule is CCCn1c(N2CCC(C(=O)N3CCC[C@H](C(=O)OCC)C3)CC2)nc2ccccc21. The number of ether oxygens (including phenoxy) is 1. The number of nitrogens with zero attached hydrogens (tertiary/aromatic N) is 4. The van der Waals surface area contributed by atoms with Crippen molar-refractivity contribution in [3.05, 3.63) is 24.3 Å². The van der Waals surface area contributed by atoms with Gasteiger partial charge < -0.3 is 19.1 Å². The largest absolute Gasteiger partial charge is 0.466 e. The maximum absolute atomic E-state index is 13.2. The van der Waals surface area contributed by atoms with E-state index in [1.807, 2.05) is 17.9 Å². The fourth-order valence-corrected chi connectivity index (χ4v) is 4.96. The van der Waals surface area contributed by atoms with Gasteiger partial charge in [-0.15, -0.1) is 0 Å². The lowest BCUT2D eigenvalue weighted by atomic mass is 9.92. The number of aromatic nitrogens is 2. The molecule has 2 aliphatic heterocycles. The van der Waals surface area contributed by atoms with Crippen LogP contribution in [-0.2, 0) is 20.9 Å². The molecule has 1 aromatic carbocycles. The van der Waals surface area contributed by atoms with Crippen molar-refractivity contribution in [1.82, 2.24) is 14.5 Å². The Kier molecular flexibility index (Phi) is 6.78. The second-order valence-electron chi connectivity index (χ2n) is 8.69. The van der Waals surface area contributed by atoms with Crippen molar-refractivity contribution in [3.8, 4) is 0 Å². The van der Waals surface area contributed by atoms with E-state index in [1.165, 1.54) is 5.52 Å². The molecule has 7 heteroatoms. The molecule has 0 aliphatic carbocycles. The van der Waals surface area contributed by atoms with Crippen molar-refractivity contribution in [2.75, 3.05) is 37.7 Å². The van der Waals surface area contributed by atoms with Gasteiger partial charge in [0.2, 0.25) is 11.9 Å². The van der Waals surface area contributed by atoms with Crippen molar-refractivity contribution in [3.63, 3.8) is 0 Å². The average Bonchev–Trinajstić information content (AvgIpc) is 3.18. The Morgan fingerprint density at radius 3 is 2.58 bits per heavy atom. The summed E-state index contributed by atoms with van der Waals surface area (Å²) in [6, 6.07) is 8.29. The van der Waals surface area contributed by atoms with Gasteiger partial charge in [0.15, 0.2) is 0 Å². The molecule has 4 rings (SSSR count). The molecule has 1 aromatic heterocycles. The quantitative estimate of drug-likeness (QED) is 0.662. The highest BCUT2D eigenvalue weighted by Crippen LogP contribution is 2.29. The van der Waals surface area contributed by atoms with Gasteiger partial charge in [-0.3, -0.25) is 9.59 Å². The second-order valence-corrected chi connectivity index (χ2v) is 8.69. The van der Waals surface area contributed by atoms with Crippen LogP contribution in [0.25, 0.3) is 11.0 Å². The first-order chi connectivity index (χ1) is 15.1. The predicted octanol–water partition coefficient (Wildman–Crippen LogP) is 3.46. The minimum atomic E-state index is -0.174. The first kappa shape index (κ1) is 21.7. The Bertz CT molecular complexity index is 917. The number of hydrogen-bond donors (Lipinski definition) is 0. The predicted molar refractivity (Wildman–Crippen MR) is 121 cm³/mol. The van der Waals surface area contributed by atoms with Gasteiger partial charge in [0.25, 0.3) is 0 Å². The average molecular weight is 427 g/mol. The van der Waals surface area contributed by atoms with Crippen LogP contribution >= 0.6 is 0 Å². The van der Waals surface area contributed by atoms with Gasteiger partial charge in [-0.25, -0.2) is 4.98 Å². The van der Waals surface area contributed by atoms with Crippen molar-refractivity contribution in [2.45, 2.75) is 52.5 Å². The molecule has 1 atom stereocenters. The summed E-state index contributed by atoms with van der Waals surface area (Å²) in [6.07, 6.45) is 4.40. The van der Waals surface area contributed by atoms with Crippen LogP contribution in [0, 0.1) is 11.8 Å². The fourth-order valence-electron chi connectivity index (χ4n) is 4.96. The molecule has 2 fully saturated rings. The van der Waals surface area contributed by atoms with Crippen LogP contribution in [0.3, 0.4) is 0 Å². The summed E-state index contributed by atoms with van der Waals surface area (Å²) in [5, 5.41) is 0. The fraction of sp³-hybridized carbons (Fsp3) is 0.625. The van der Waals surface area contributed by atoms with E-state index in [-0.39, 0.29) is 23.7 Å². The van der Waals surface area contributed by atoms with Crippen LogP contribution in [0.4, 0.5) is 5.95 Å². The van der Waals surface area contributed by atoms with Gasteiger partial charge in [-0.05, 0) is 51.2 Å². The molecule has 7 nitrogen and oxygen atoms in total. The van der Waals surface area contributed by atoms with Crippen LogP contribution in [0.2, 0.25) is 0 Å². The number of rotatable bonds is 6. The highest BCUT2D eigenvalue weighted by atomic mass is 16.5. The molecule has 2 aliphatic rings. The molecule has 0 N–H and O–H groups in total. The number of imidazole rings is 1. The zero-order chi connectivity index (χ0) is 21.8. The molecule has 31 heavy (non-hydrogen) atoms. The normalized spacial score (nSPS) is 20.3. The molecule has 0 unspecified atom stereocenters. The lowest BCUT2D eigenvalue weighted by Crippen LogP contribution is -2.48.